The van der Waals surface area contributed by atoms with E-state index < -0.39 is 14.6 Å². The predicted octanol–water partition coefficient (Wildman–Crippen LogP) is 2.55. The fraction of sp³-hybridized carbons (Fsp3) is 0.600. The first-order valence-corrected chi connectivity index (χ1v) is 8.48. The lowest BCUT2D eigenvalue weighted by molar-refractivity contribution is 0.503. The van der Waals surface area contributed by atoms with Crippen molar-refractivity contribution in [3.05, 3.63) is 35.6 Å². The molecule has 1 aromatic carbocycles. The zero-order chi connectivity index (χ0) is 15.4. The summed E-state index contributed by atoms with van der Waals surface area (Å²) in [4.78, 5) is 0. The molecule has 1 aromatic rings. The molecule has 0 aliphatic rings. The highest BCUT2D eigenvalue weighted by molar-refractivity contribution is 7.92. The summed E-state index contributed by atoms with van der Waals surface area (Å²) in [7, 11) is -3.12. The minimum absolute atomic E-state index is 0.0950. The first kappa shape index (κ1) is 17.1. The standard InChI is InChI=1S/C15H24FNO2S/c1-15(2,3)20(18,19)9-8-13(11-17)10-12-4-6-14(16)7-5-12/h4-7,13H,8-11,17H2,1-3H3. The summed E-state index contributed by atoms with van der Waals surface area (Å²) >= 11 is 0. The summed E-state index contributed by atoms with van der Waals surface area (Å²) in [6, 6.07) is 6.26. The number of hydrogen-bond donors (Lipinski definition) is 1. The molecule has 0 spiro atoms. The SMILES string of the molecule is CC(C)(C)S(=O)(=O)CCC(CN)Cc1ccc(F)cc1. The molecule has 0 aliphatic heterocycles. The molecule has 2 N–H and O–H groups in total. The minimum atomic E-state index is -3.12. The Bertz CT molecular complexity index is 518. The van der Waals surface area contributed by atoms with Crippen molar-refractivity contribution in [3.8, 4) is 0 Å². The molecule has 0 bridgehead atoms. The van der Waals surface area contributed by atoms with Gasteiger partial charge in [0.15, 0.2) is 9.84 Å². The van der Waals surface area contributed by atoms with Crippen LogP contribution in [-0.4, -0.2) is 25.5 Å². The van der Waals surface area contributed by atoms with Gasteiger partial charge in [-0.15, -0.1) is 0 Å². The van der Waals surface area contributed by atoms with Crippen LogP contribution in [-0.2, 0) is 16.3 Å². The van der Waals surface area contributed by atoms with E-state index in [9.17, 15) is 12.8 Å². The summed E-state index contributed by atoms with van der Waals surface area (Å²) in [5.41, 5.74) is 6.70. The average molecular weight is 301 g/mol. The maximum absolute atomic E-state index is 12.8. The minimum Gasteiger partial charge on any atom is -0.330 e. The normalized spacial score (nSPS) is 14.2. The lowest BCUT2D eigenvalue weighted by Gasteiger charge is -2.21. The number of halogens is 1. The topological polar surface area (TPSA) is 60.2 Å². The average Bonchev–Trinajstić information content (AvgIpc) is 2.35. The first-order valence-electron chi connectivity index (χ1n) is 6.82. The third kappa shape index (κ3) is 4.87. The van der Waals surface area contributed by atoms with Gasteiger partial charge in [0.05, 0.1) is 10.5 Å². The van der Waals surface area contributed by atoms with Crippen LogP contribution in [0.15, 0.2) is 24.3 Å². The van der Waals surface area contributed by atoms with E-state index in [-0.39, 0.29) is 17.5 Å². The molecule has 0 saturated heterocycles. The van der Waals surface area contributed by atoms with Gasteiger partial charge in [0.1, 0.15) is 5.82 Å². The van der Waals surface area contributed by atoms with Crippen LogP contribution in [0.2, 0.25) is 0 Å². The van der Waals surface area contributed by atoms with Crippen LogP contribution in [0.25, 0.3) is 0 Å². The lowest BCUT2D eigenvalue weighted by atomic mass is 9.97. The Labute approximate surface area is 121 Å². The van der Waals surface area contributed by atoms with E-state index in [0.717, 1.165) is 5.56 Å². The van der Waals surface area contributed by atoms with E-state index in [0.29, 0.717) is 19.4 Å². The van der Waals surface area contributed by atoms with Crippen molar-refractivity contribution >= 4 is 9.84 Å². The molecule has 0 radical (unpaired) electrons. The van der Waals surface area contributed by atoms with Crippen LogP contribution >= 0.6 is 0 Å². The van der Waals surface area contributed by atoms with Gasteiger partial charge in [-0.25, -0.2) is 12.8 Å². The summed E-state index contributed by atoms with van der Waals surface area (Å²) < 4.78 is 36.3. The summed E-state index contributed by atoms with van der Waals surface area (Å²) in [6.07, 6.45) is 1.21. The number of nitrogens with two attached hydrogens (primary N) is 1. The van der Waals surface area contributed by atoms with E-state index >= 15 is 0 Å². The smallest absolute Gasteiger partial charge is 0.155 e. The molecule has 20 heavy (non-hydrogen) atoms. The van der Waals surface area contributed by atoms with Crippen LogP contribution in [0.5, 0.6) is 0 Å². The molecular formula is C15H24FNO2S. The van der Waals surface area contributed by atoms with Gasteiger partial charge < -0.3 is 5.73 Å². The number of hydrogen-bond acceptors (Lipinski definition) is 3. The van der Waals surface area contributed by atoms with Crippen molar-refractivity contribution < 1.29 is 12.8 Å². The molecule has 114 valence electrons. The Balaban J connectivity index is 2.63. The molecule has 0 heterocycles. The fourth-order valence-electron chi connectivity index (χ4n) is 1.89. The zero-order valence-electron chi connectivity index (χ0n) is 12.4. The van der Waals surface area contributed by atoms with Gasteiger partial charge in [0.25, 0.3) is 0 Å². The quantitative estimate of drug-likeness (QED) is 0.878. The van der Waals surface area contributed by atoms with Crippen LogP contribution in [0, 0.1) is 11.7 Å². The molecule has 1 unspecified atom stereocenters. The second-order valence-electron chi connectivity index (χ2n) is 6.15. The number of benzene rings is 1. The largest absolute Gasteiger partial charge is 0.330 e. The van der Waals surface area contributed by atoms with Gasteiger partial charge >= 0.3 is 0 Å². The predicted molar refractivity (Wildman–Crippen MR) is 80.8 cm³/mol. The number of sulfone groups is 1. The van der Waals surface area contributed by atoms with Gasteiger partial charge in [-0.1, -0.05) is 12.1 Å². The van der Waals surface area contributed by atoms with Crippen molar-refractivity contribution in [3.63, 3.8) is 0 Å². The zero-order valence-corrected chi connectivity index (χ0v) is 13.2. The van der Waals surface area contributed by atoms with E-state index in [2.05, 4.69) is 0 Å². The fourth-order valence-corrected chi connectivity index (χ4v) is 3.14. The summed E-state index contributed by atoms with van der Waals surface area (Å²) in [5.74, 6) is -0.0366. The van der Waals surface area contributed by atoms with E-state index in [1.54, 1.807) is 32.9 Å². The van der Waals surface area contributed by atoms with Crippen molar-refractivity contribution in [2.24, 2.45) is 11.7 Å². The van der Waals surface area contributed by atoms with E-state index in [1.807, 2.05) is 0 Å². The van der Waals surface area contributed by atoms with Crippen molar-refractivity contribution in [2.45, 2.75) is 38.4 Å². The molecule has 0 aromatic heterocycles. The molecule has 0 fully saturated rings. The van der Waals surface area contributed by atoms with Crippen LogP contribution in [0.3, 0.4) is 0 Å². The van der Waals surface area contributed by atoms with Gasteiger partial charge in [0, 0.05) is 0 Å². The molecular weight excluding hydrogens is 277 g/mol. The third-order valence-corrected chi connectivity index (χ3v) is 6.14. The van der Waals surface area contributed by atoms with E-state index in [4.69, 9.17) is 5.73 Å². The Morgan fingerprint density at radius 1 is 1.20 bits per heavy atom. The van der Waals surface area contributed by atoms with Gasteiger partial charge in [-0.2, -0.15) is 0 Å². The molecule has 5 heteroatoms. The second kappa shape index (κ2) is 6.68. The van der Waals surface area contributed by atoms with E-state index in [1.165, 1.54) is 12.1 Å². The van der Waals surface area contributed by atoms with Crippen LogP contribution in [0.1, 0.15) is 32.8 Å². The highest BCUT2D eigenvalue weighted by Crippen LogP contribution is 2.20. The third-order valence-electron chi connectivity index (χ3n) is 3.50. The second-order valence-corrected chi connectivity index (χ2v) is 9.01. The van der Waals surface area contributed by atoms with Crippen molar-refractivity contribution in [1.29, 1.82) is 0 Å². The van der Waals surface area contributed by atoms with Gasteiger partial charge in [0.2, 0.25) is 0 Å². The summed E-state index contributed by atoms with van der Waals surface area (Å²) in [6.45, 7) is 5.55. The highest BCUT2D eigenvalue weighted by Gasteiger charge is 2.29. The lowest BCUT2D eigenvalue weighted by Crippen LogP contribution is -2.32. The number of rotatable bonds is 6. The maximum Gasteiger partial charge on any atom is 0.155 e. The summed E-state index contributed by atoms with van der Waals surface area (Å²) in [5, 5.41) is 0. The Hall–Kier alpha value is -0.940. The van der Waals surface area contributed by atoms with Gasteiger partial charge in [-0.3, -0.25) is 0 Å². The Morgan fingerprint density at radius 3 is 2.20 bits per heavy atom. The maximum atomic E-state index is 12.8. The molecule has 0 amide bonds. The Morgan fingerprint density at radius 2 is 1.75 bits per heavy atom. The molecule has 1 rings (SSSR count). The molecule has 3 nitrogen and oxygen atoms in total. The molecule has 0 aliphatic carbocycles. The molecule has 1 atom stereocenters. The van der Waals surface area contributed by atoms with Crippen LogP contribution < -0.4 is 5.73 Å². The monoisotopic (exact) mass is 301 g/mol. The molecule has 0 saturated carbocycles. The highest BCUT2D eigenvalue weighted by atomic mass is 32.2. The first-order chi connectivity index (χ1) is 9.15. The van der Waals surface area contributed by atoms with Crippen LogP contribution in [0.4, 0.5) is 4.39 Å². The van der Waals surface area contributed by atoms with Gasteiger partial charge in [-0.05, 0) is 63.8 Å². The Kier molecular flexibility index (Phi) is 5.71. The van der Waals surface area contributed by atoms with Crippen molar-refractivity contribution in [2.75, 3.05) is 12.3 Å². The van der Waals surface area contributed by atoms with Crippen molar-refractivity contribution in [1.82, 2.24) is 0 Å².